The molecule has 3 N–H and O–H groups in total. The molecule has 0 unspecified atom stereocenters. The molecule has 0 aromatic carbocycles. The highest BCUT2D eigenvalue weighted by Gasteiger charge is 2.32. The summed E-state index contributed by atoms with van der Waals surface area (Å²) in [7, 11) is 0. The molecule has 3 rings (SSSR count). The van der Waals surface area contributed by atoms with Gasteiger partial charge >= 0.3 is 0 Å². The summed E-state index contributed by atoms with van der Waals surface area (Å²) in [6.45, 7) is 2.18. The van der Waals surface area contributed by atoms with E-state index < -0.39 is 0 Å². The number of piperidine rings is 1. The fourth-order valence-electron chi connectivity index (χ4n) is 3.88. The number of nitrogens with two attached hydrogens (primary N) is 1. The second-order valence-electron chi connectivity index (χ2n) is 6.19. The standard InChI is InChI=1S/C16H24N4/c17-16(18)14-10-12(7-8-19-14)11-20-9-3-5-13-4-1-2-6-15(13)20/h7-8,10,13,15H,1-6,9,11H2,(H3,17,18)/t13-,15-/m1/s1. The van der Waals surface area contributed by atoms with Crippen LogP contribution in [0.15, 0.2) is 18.3 Å². The zero-order valence-electron chi connectivity index (χ0n) is 12.0. The number of likely N-dealkylation sites (tertiary alicyclic amines) is 1. The zero-order chi connectivity index (χ0) is 13.9. The topological polar surface area (TPSA) is 66.0 Å². The van der Waals surface area contributed by atoms with Crippen molar-refractivity contribution in [3.05, 3.63) is 29.6 Å². The van der Waals surface area contributed by atoms with E-state index in [1.807, 2.05) is 6.07 Å². The van der Waals surface area contributed by atoms with Gasteiger partial charge in [-0.1, -0.05) is 12.8 Å². The molecule has 108 valence electrons. The molecule has 1 aromatic heterocycles. The van der Waals surface area contributed by atoms with Crippen LogP contribution in [-0.4, -0.2) is 28.3 Å². The summed E-state index contributed by atoms with van der Waals surface area (Å²) in [5, 5.41) is 7.50. The molecule has 0 spiro atoms. The molecule has 2 fully saturated rings. The lowest BCUT2D eigenvalue weighted by molar-refractivity contribution is 0.0547. The number of hydrogen-bond acceptors (Lipinski definition) is 3. The Morgan fingerprint density at radius 2 is 2.10 bits per heavy atom. The quantitative estimate of drug-likeness (QED) is 0.656. The van der Waals surface area contributed by atoms with Crippen LogP contribution in [0.4, 0.5) is 0 Å². The number of amidine groups is 1. The summed E-state index contributed by atoms with van der Waals surface area (Å²) < 4.78 is 0. The molecule has 1 aliphatic carbocycles. The smallest absolute Gasteiger partial charge is 0.141 e. The summed E-state index contributed by atoms with van der Waals surface area (Å²) in [5.41, 5.74) is 7.36. The zero-order valence-corrected chi connectivity index (χ0v) is 12.0. The Morgan fingerprint density at radius 3 is 2.95 bits per heavy atom. The third-order valence-corrected chi connectivity index (χ3v) is 4.84. The van der Waals surface area contributed by atoms with Gasteiger partial charge in [0.15, 0.2) is 0 Å². The first-order valence-electron chi connectivity index (χ1n) is 7.77. The van der Waals surface area contributed by atoms with E-state index in [-0.39, 0.29) is 5.84 Å². The Hall–Kier alpha value is -1.42. The van der Waals surface area contributed by atoms with Gasteiger partial charge in [0.25, 0.3) is 0 Å². The molecule has 20 heavy (non-hydrogen) atoms. The molecule has 1 saturated heterocycles. The molecular weight excluding hydrogens is 248 g/mol. The van der Waals surface area contributed by atoms with Crippen molar-refractivity contribution in [1.29, 1.82) is 5.41 Å². The maximum absolute atomic E-state index is 7.50. The molecule has 4 heteroatoms. The lowest BCUT2D eigenvalue weighted by atomic mass is 9.78. The molecule has 2 atom stereocenters. The molecule has 1 aliphatic heterocycles. The second kappa shape index (κ2) is 5.92. The van der Waals surface area contributed by atoms with Crippen molar-refractivity contribution in [1.82, 2.24) is 9.88 Å². The Morgan fingerprint density at radius 1 is 1.30 bits per heavy atom. The molecule has 0 amide bonds. The third-order valence-electron chi connectivity index (χ3n) is 4.84. The Kier molecular flexibility index (Phi) is 4.01. The molecule has 2 heterocycles. The molecule has 1 aromatic rings. The van der Waals surface area contributed by atoms with Crippen LogP contribution in [0.25, 0.3) is 0 Å². The van der Waals surface area contributed by atoms with E-state index in [2.05, 4.69) is 16.0 Å². The summed E-state index contributed by atoms with van der Waals surface area (Å²) in [6.07, 6.45) is 10.1. The minimum absolute atomic E-state index is 0.0565. The van der Waals surface area contributed by atoms with Crippen LogP contribution in [-0.2, 0) is 6.54 Å². The van der Waals surface area contributed by atoms with Crippen LogP contribution in [0.5, 0.6) is 0 Å². The number of nitrogens with one attached hydrogen (secondary N) is 1. The molecular formula is C16H24N4. The van der Waals surface area contributed by atoms with Gasteiger partial charge in [-0.2, -0.15) is 0 Å². The first kappa shape index (κ1) is 13.6. The molecule has 0 radical (unpaired) electrons. The molecule has 4 nitrogen and oxygen atoms in total. The monoisotopic (exact) mass is 272 g/mol. The van der Waals surface area contributed by atoms with E-state index in [4.69, 9.17) is 11.1 Å². The predicted octanol–water partition coefficient (Wildman–Crippen LogP) is 2.52. The number of rotatable bonds is 3. The van der Waals surface area contributed by atoms with Gasteiger partial charge in [0, 0.05) is 18.8 Å². The third kappa shape index (κ3) is 2.85. The van der Waals surface area contributed by atoms with Crippen LogP contribution in [0.3, 0.4) is 0 Å². The van der Waals surface area contributed by atoms with E-state index in [0.29, 0.717) is 5.69 Å². The van der Waals surface area contributed by atoms with Crippen molar-refractivity contribution in [3.8, 4) is 0 Å². The van der Waals surface area contributed by atoms with E-state index in [9.17, 15) is 0 Å². The Balaban J connectivity index is 1.72. The van der Waals surface area contributed by atoms with Crippen LogP contribution in [0.1, 0.15) is 49.8 Å². The average Bonchev–Trinajstić information content (AvgIpc) is 2.48. The first-order valence-corrected chi connectivity index (χ1v) is 7.77. The normalized spacial score (nSPS) is 27.0. The maximum atomic E-state index is 7.50. The van der Waals surface area contributed by atoms with Crippen LogP contribution in [0.2, 0.25) is 0 Å². The van der Waals surface area contributed by atoms with Crippen molar-refractivity contribution >= 4 is 5.84 Å². The van der Waals surface area contributed by atoms with Crippen LogP contribution >= 0.6 is 0 Å². The van der Waals surface area contributed by atoms with E-state index in [0.717, 1.165) is 18.5 Å². The Bertz CT molecular complexity index is 483. The first-order chi connectivity index (χ1) is 9.74. The van der Waals surface area contributed by atoms with Crippen molar-refractivity contribution in [3.63, 3.8) is 0 Å². The SMILES string of the molecule is N=C(N)c1cc(CN2CCC[C@H]3CCCC[C@H]32)ccn1. The minimum Gasteiger partial charge on any atom is -0.382 e. The van der Waals surface area contributed by atoms with Gasteiger partial charge in [0.05, 0.1) is 0 Å². The van der Waals surface area contributed by atoms with Gasteiger partial charge < -0.3 is 5.73 Å². The maximum Gasteiger partial charge on any atom is 0.141 e. The second-order valence-corrected chi connectivity index (χ2v) is 6.19. The van der Waals surface area contributed by atoms with Gasteiger partial charge in [-0.05, 0) is 55.8 Å². The van der Waals surface area contributed by atoms with Gasteiger partial charge in [-0.15, -0.1) is 0 Å². The van der Waals surface area contributed by atoms with E-state index in [1.165, 1.54) is 50.6 Å². The number of fused-ring (bicyclic) bond motifs is 1. The van der Waals surface area contributed by atoms with Crippen LogP contribution in [0, 0.1) is 11.3 Å². The lowest BCUT2D eigenvalue weighted by Crippen LogP contribution is -2.46. The highest BCUT2D eigenvalue weighted by molar-refractivity contribution is 5.93. The average molecular weight is 272 g/mol. The summed E-state index contributed by atoms with van der Waals surface area (Å²) >= 11 is 0. The predicted molar refractivity (Wildman–Crippen MR) is 80.6 cm³/mol. The van der Waals surface area contributed by atoms with Gasteiger partial charge in [0.2, 0.25) is 0 Å². The van der Waals surface area contributed by atoms with Crippen molar-refractivity contribution in [2.24, 2.45) is 11.7 Å². The largest absolute Gasteiger partial charge is 0.382 e. The number of nitrogen functional groups attached to an aromatic ring is 1. The Labute approximate surface area is 120 Å². The minimum atomic E-state index is 0.0565. The fourth-order valence-corrected chi connectivity index (χ4v) is 3.88. The van der Waals surface area contributed by atoms with Crippen LogP contribution < -0.4 is 5.73 Å². The van der Waals surface area contributed by atoms with Gasteiger partial charge in [-0.25, -0.2) is 0 Å². The number of nitrogens with zero attached hydrogens (tertiary/aromatic N) is 2. The van der Waals surface area contributed by atoms with Gasteiger partial charge in [0.1, 0.15) is 11.5 Å². The number of pyridine rings is 1. The number of hydrogen-bond donors (Lipinski definition) is 2. The summed E-state index contributed by atoms with van der Waals surface area (Å²) in [5.74, 6) is 0.965. The summed E-state index contributed by atoms with van der Waals surface area (Å²) in [4.78, 5) is 6.79. The van der Waals surface area contributed by atoms with E-state index in [1.54, 1.807) is 6.20 Å². The van der Waals surface area contributed by atoms with Crippen molar-refractivity contribution in [2.45, 2.75) is 51.1 Å². The molecule has 0 bridgehead atoms. The van der Waals surface area contributed by atoms with E-state index >= 15 is 0 Å². The highest BCUT2D eigenvalue weighted by Crippen LogP contribution is 2.35. The van der Waals surface area contributed by atoms with Crippen molar-refractivity contribution in [2.75, 3.05) is 6.54 Å². The lowest BCUT2D eigenvalue weighted by Gasteiger charge is -2.44. The highest BCUT2D eigenvalue weighted by atomic mass is 15.2. The number of aromatic nitrogens is 1. The van der Waals surface area contributed by atoms with Gasteiger partial charge in [-0.3, -0.25) is 15.3 Å². The summed E-state index contributed by atoms with van der Waals surface area (Å²) in [6, 6.07) is 4.79. The van der Waals surface area contributed by atoms with Crippen molar-refractivity contribution < 1.29 is 0 Å². The fraction of sp³-hybridized carbons (Fsp3) is 0.625. The molecule has 1 saturated carbocycles. The molecule has 2 aliphatic rings.